The summed E-state index contributed by atoms with van der Waals surface area (Å²) in [7, 11) is -4.23. The molecule has 0 unspecified atom stereocenters. The fraction of sp³-hybridized carbons (Fsp3) is 0.417. The van der Waals surface area contributed by atoms with E-state index in [2.05, 4.69) is 19.2 Å². The third-order valence-electron chi connectivity index (χ3n) is 6.63. The lowest BCUT2D eigenvalue weighted by Gasteiger charge is -2.17. The second-order valence-corrected chi connectivity index (χ2v) is 10.7. The summed E-state index contributed by atoms with van der Waals surface area (Å²) in [6, 6.07) is 5.17. The lowest BCUT2D eigenvalue weighted by molar-refractivity contribution is -0.138. The highest BCUT2D eigenvalue weighted by Crippen LogP contribution is 2.35. The first kappa shape index (κ1) is 28.8. The number of benzene rings is 1. The maximum Gasteiger partial charge on any atom is 0.416 e. The number of carbonyl (C=O) groups excluding carboxylic acids is 1. The average Bonchev–Trinajstić information content (AvgIpc) is 3.41. The molecule has 1 aromatic carbocycles. The van der Waals surface area contributed by atoms with Crippen LogP contribution < -0.4 is 5.14 Å². The Bertz CT molecular complexity index is 1460. The highest BCUT2D eigenvalue weighted by molar-refractivity contribution is 7.84. The maximum atomic E-state index is 13.4. The van der Waals surface area contributed by atoms with Crippen molar-refractivity contribution in [2.24, 2.45) is 17.0 Å². The minimum Gasteiger partial charge on any atom is -0.390 e. The van der Waals surface area contributed by atoms with E-state index in [1.54, 1.807) is 6.92 Å². The largest absolute Gasteiger partial charge is 0.416 e. The Kier molecular flexibility index (Phi) is 8.18. The molecule has 1 saturated carbocycles. The summed E-state index contributed by atoms with van der Waals surface area (Å²) < 4.78 is 68.3. The molecule has 0 aliphatic heterocycles. The number of halogens is 3. The molecule has 3 aromatic rings. The Labute approximate surface area is 221 Å². The van der Waals surface area contributed by atoms with Crippen LogP contribution in [0.5, 0.6) is 0 Å². The van der Waals surface area contributed by atoms with Crippen molar-refractivity contribution in [1.82, 2.24) is 19.7 Å². The van der Waals surface area contributed by atoms with Gasteiger partial charge in [0.15, 0.2) is 0 Å². The number of aliphatic hydroxyl groups excluding tert-OH is 2. The molecule has 210 valence electrons. The van der Waals surface area contributed by atoms with E-state index in [4.69, 9.17) is 5.14 Å². The topological polar surface area (TPSA) is 171 Å². The number of aliphatic hydroxyl groups is 2. The zero-order chi connectivity index (χ0) is 28.5. The molecule has 1 fully saturated rings. The second-order valence-electron chi connectivity index (χ2n) is 9.49. The van der Waals surface area contributed by atoms with Gasteiger partial charge in [0.1, 0.15) is 12.0 Å². The Balaban J connectivity index is 1.51. The van der Waals surface area contributed by atoms with E-state index in [9.17, 15) is 36.6 Å². The van der Waals surface area contributed by atoms with Crippen LogP contribution in [-0.2, 0) is 33.6 Å². The molecule has 0 spiro atoms. The zero-order valence-electron chi connectivity index (χ0n) is 20.6. The summed E-state index contributed by atoms with van der Waals surface area (Å²) in [6.07, 6.45) is -2.98. The molecule has 1 aliphatic carbocycles. The van der Waals surface area contributed by atoms with Crippen LogP contribution in [0, 0.1) is 18.8 Å². The summed E-state index contributed by atoms with van der Waals surface area (Å²) in [5.74, 6) is -1.88. The summed E-state index contributed by atoms with van der Waals surface area (Å²) in [5.41, 5.74) is 0.138. The first-order valence-corrected chi connectivity index (χ1v) is 13.3. The van der Waals surface area contributed by atoms with Gasteiger partial charge in [0.25, 0.3) is 0 Å². The molecule has 0 amide bonds. The van der Waals surface area contributed by atoms with Crippen LogP contribution in [-0.4, -0.2) is 63.0 Å². The molecule has 2 aromatic heterocycles. The molecular weight excluding hydrogens is 543 g/mol. The van der Waals surface area contributed by atoms with Crippen molar-refractivity contribution >= 4 is 16.1 Å². The molecule has 15 heteroatoms. The maximum absolute atomic E-state index is 13.4. The Hall–Kier alpha value is -3.24. The molecular formula is C24H26F3N5O6S. The zero-order valence-corrected chi connectivity index (χ0v) is 21.4. The van der Waals surface area contributed by atoms with E-state index in [-0.39, 0.29) is 41.9 Å². The molecule has 0 radical (unpaired) electrons. The Morgan fingerprint density at radius 1 is 1.21 bits per heavy atom. The summed E-state index contributed by atoms with van der Waals surface area (Å²) in [5, 5.41) is 29.8. The third-order valence-corrected chi connectivity index (χ3v) is 7.10. The molecule has 39 heavy (non-hydrogen) atoms. The number of hydrogen-bond acceptors (Lipinski definition) is 9. The number of hydrogen-bond donors (Lipinski definition) is 3. The van der Waals surface area contributed by atoms with Crippen molar-refractivity contribution in [3.63, 3.8) is 0 Å². The van der Waals surface area contributed by atoms with Crippen molar-refractivity contribution in [2.75, 3.05) is 6.61 Å². The predicted molar refractivity (Wildman–Crippen MR) is 129 cm³/mol. The SMILES string of the molecule is Cc1ccc(C(F)(F)F)c(Cn2ccc(C(=O)c3cncnc3C[C@@H]3C[C@H](COS(N)(=O)=O)[C@@H](O)[C@H]3O)n2)c1. The van der Waals surface area contributed by atoms with Crippen molar-refractivity contribution < 1.29 is 40.8 Å². The minimum absolute atomic E-state index is 0.00285. The number of aromatic nitrogens is 4. The fourth-order valence-corrected chi connectivity index (χ4v) is 5.11. The lowest BCUT2D eigenvalue weighted by atomic mass is 9.95. The summed E-state index contributed by atoms with van der Waals surface area (Å²) >= 11 is 0. The van der Waals surface area contributed by atoms with Crippen LogP contribution in [0.25, 0.3) is 0 Å². The Morgan fingerprint density at radius 3 is 2.62 bits per heavy atom. The van der Waals surface area contributed by atoms with Gasteiger partial charge in [-0.25, -0.2) is 15.1 Å². The molecule has 4 atom stereocenters. The fourth-order valence-electron chi connectivity index (χ4n) is 4.75. The summed E-state index contributed by atoms with van der Waals surface area (Å²) in [4.78, 5) is 21.3. The number of carbonyl (C=O) groups is 1. The van der Waals surface area contributed by atoms with Gasteiger partial charge in [-0.15, -0.1) is 0 Å². The van der Waals surface area contributed by atoms with E-state index in [1.807, 2.05) is 0 Å². The number of nitrogens with two attached hydrogens (primary N) is 1. The van der Waals surface area contributed by atoms with Crippen molar-refractivity contribution in [2.45, 2.75) is 44.7 Å². The normalized spacial score (nSPS) is 21.8. The van der Waals surface area contributed by atoms with E-state index in [1.165, 1.54) is 41.6 Å². The number of nitrogens with zero attached hydrogens (tertiary/aromatic N) is 4. The standard InChI is InChI=1S/C24H26F3N5O6S/c1-13-2-3-18(24(25,26)27)15(6-13)10-32-5-4-19(31-32)23(35)17-9-29-12-30-20(17)8-14-7-16(22(34)21(14)33)11-38-39(28,36)37/h2-6,9,12,14,16,21-22,33-34H,7-8,10-11H2,1H3,(H2,28,36,37)/t14-,16+,21-,22+/m0/s1. The summed E-state index contributed by atoms with van der Waals surface area (Å²) in [6.45, 7) is 1.04. The van der Waals surface area contributed by atoms with Crippen molar-refractivity contribution in [1.29, 1.82) is 0 Å². The first-order chi connectivity index (χ1) is 18.2. The minimum atomic E-state index is -4.55. The lowest BCUT2D eigenvalue weighted by Crippen LogP contribution is -2.31. The molecule has 0 saturated heterocycles. The van der Waals surface area contributed by atoms with Gasteiger partial charge in [-0.1, -0.05) is 17.7 Å². The van der Waals surface area contributed by atoms with Crippen LogP contribution in [0.2, 0.25) is 0 Å². The highest BCUT2D eigenvalue weighted by atomic mass is 32.2. The average molecular weight is 570 g/mol. The molecule has 4 rings (SSSR count). The van der Waals surface area contributed by atoms with Crippen LogP contribution in [0.1, 0.15) is 44.9 Å². The van der Waals surface area contributed by atoms with Gasteiger partial charge in [0.05, 0.1) is 42.2 Å². The molecule has 4 N–H and O–H groups in total. The van der Waals surface area contributed by atoms with Crippen LogP contribution >= 0.6 is 0 Å². The number of aryl methyl sites for hydroxylation is 1. The number of rotatable bonds is 9. The van der Waals surface area contributed by atoms with Gasteiger partial charge < -0.3 is 10.2 Å². The second kappa shape index (κ2) is 11.1. The van der Waals surface area contributed by atoms with Crippen LogP contribution in [0.3, 0.4) is 0 Å². The smallest absolute Gasteiger partial charge is 0.390 e. The van der Waals surface area contributed by atoms with Gasteiger partial charge >= 0.3 is 16.5 Å². The van der Waals surface area contributed by atoms with Gasteiger partial charge in [0.2, 0.25) is 5.78 Å². The van der Waals surface area contributed by atoms with Crippen molar-refractivity contribution in [3.8, 4) is 0 Å². The van der Waals surface area contributed by atoms with Crippen LogP contribution in [0.15, 0.2) is 43.0 Å². The van der Waals surface area contributed by atoms with Gasteiger partial charge in [-0.2, -0.15) is 26.7 Å². The first-order valence-electron chi connectivity index (χ1n) is 11.8. The molecule has 1 aliphatic rings. The number of alkyl halides is 3. The number of ketones is 1. The Morgan fingerprint density at radius 2 is 1.92 bits per heavy atom. The van der Waals surface area contributed by atoms with Crippen LogP contribution in [0.4, 0.5) is 13.2 Å². The quantitative estimate of drug-likeness (QED) is 0.322. The molecule has 2 heterocycles. The van der Waals surface area contributed by atoms with E-state index >= 15 is 0 Å². The monoisotopic (exact) mass is 569 g/mol. The molecule has 0 bridgehead atoms. The van der Waals surface area contributed by atoms with Gasteiger partial charge in [-0.3, -0.25) is 13.7 Å². The van der Waals surface area contributed by atoms with E-state index < -0.39 is 58.5 Å². The third kappa shape index (κ3) is 6.86. The van der Waals surface area contributed by atoms with Crippen molar-refractivity contribution in [3.05, 3.63) is 76.6 Å². The highest BCUT2D eigenvalue weighted by Gasteiger charge is 2.42. The van der Waals surface area contributed by atoms with E-state index in [0.29, 0.717) is 5.56 Å². The van der Waals surface area contributed by atoms with E-state index in [0.717, 1.165) is 6.07 Å². The molecule has 11 nitrogen and oxygen atoms in total. The van der Waals surface area contributed by atoms with Gasteiger partial charge in [0, 0.05) is 18.3 Å². The van der Waals surface area contributed by atoms with Gasteiger partial charge in [-0.05, 0) is 43.4 Å². The predicted octanol–water partition coefficient (Wildman–Crippen LogP) is 1.40.